The van der Waals surface area contributed by atoms with Crippen LogP contribution in [-0.4, -0.2) is 11.1 Å². The smallest absolute Gasteiger partial charge is 0.360 e. The lowest BCUT2D eigenvalue weighted by Gasteiger charge is -2.11. The zero-order valence-corrected chi connectivity index (χ0v) is 17.5. The molecule has 0 saturated heterocycles. The summed E-state index contributed by atoms with van der Waals surface area (Å²) in [4.78, 5) is 12.5. The number of carbonyl (C=O) groups excluding carboxylic acids is 1. The zero-order valence-electron chi connectivity index (χ0n) is 17.5. The maximum atomic E-state index is 12.5. The van der Waals surface area contributed by atoms with Crippen LogP contribution in [0.1, 0.15) is 32.7 Å². The minimum Gasteiger partial charge on any atom is -0.488 e. The Morgan fingerprint density at radius 3 is 2.52 bits per heavy atom. The molecule has 31 heavy (non-hydrogen) atoms. The van der Waals surface area contributed by atoms with Gasteiger partial charge in [0.25, 0.3) is 0 Å². The second-order valence-electron chi connectivity index (χ2n) is 7.35. The number of ether oxygens (including phenoxy) is 2. The lowest BCUT2D eigenvalue weighted by atomic mass is 10.0. The van der Waals surface area contributed by atoms with Gasteiger partial charge in [0.05, 0.1) is 0 Å². The van der Waals surface area contributed by atoms with Gasteiger partial charge < -0.3 is 14.0 Å². The predicted octanol–water partition coefficient (Wildman–Crippen LogP) is 5.89. The fourth-order valence-corrected chi connectivity index (χ4v) is 3.22. The van der Waals surface area contributed by atoms with Crippen LogP contribution in [0.3, 0.4) is 0 Å². The molecule has 0 radical (unpaired) electrons. The van der Waals surface area contributed by atoms with E-state index in [1.165, 1.54) is 0 Å². The van der Waals surface area contributed by atoms with Crippen LogP contribution in [0.25, 0.3) is 11.3 Å². The van der Waals surface area contributed by atoms with Crippen LogP contribution in [0.5, 0.6) is 5.75 Å². The molecule has 5 nitrogen and oxygen atoms in total. The molecule has 1 aromatic heterocycles. The van der Waals surface area contributed by atoms with Crippen molar-refractivity contribution in [2.45, 2.75) is 27.1 Å². The van der Waals surface area contributed by atoms with E-state index < -0.39 is 5.97 Å². The van der Waals surface area contributed by atoms with Gasteiger partial charge in [-0.1, -0.05) is 71.4 Å². The summed E-state index contributed by atoms with van der Waals surface area (Å²) in [6.07, 6.45) is 0. The van der Waals surface area contributed by atoms with Gasteiger partial charge in [-0.3, -0.25) is 0 Å². The zero-order chi connectivity index (χ0) is 21.6. The summed E-state index contributed by atoms with van der Waals surface area (Å²) in [7, 11) is 0. The summed E-state index contributed by atoms with van der Waals surface area (Å²) >= 11 is 0. The number of nitrogens with zero attached hydrogens (tertiary/aromatic N) is 1. The molecule has 0 unspecified atom stereocenters. The molecule has 0 amide bonds. The van der Waals surface area contributed by atoms with Gasteiger partial charge in [0.2, 0.25) is 0 Å². The molecule has 0 bridgehead atoms. The number of hydrogen-bond acceptors (Lipinski definition) is 5. The van der Waals surface area contributed by atoms with Crippen LogP contribution in [-0.2, 0) is 18.0 Å². The fourth-order valence-electron chi connectivity index (χ4n) is 3.22. The highest BCUT2D eigenvalue weighted by Gasteiger charge is 2.17. The molecular formula is C26H23NO4. The molecule has 0 N–H and O–H groups in total. The van der Waals surface area contributed by atoms with E-state index in [1.54, 1.807) is 6.07 Å². The van der Waals surface area contributed by atoms with Crippen molar-refractivity contribution in [2.75, 3.05) is 0 Å². The third-order valence-electron chi connectivity index (χ3n) is 4.95. The molecular weight excluding hydrogens is 390 g/mol. The molecule has 0 aliphatic rings. The number of aryl methyl sites for hydroxylation is 2. The van der Waals surface area contributed by atoms with Crippen molar-refractivity contribution in [1.82, 2.24) is 5.16 Å². The molecule has 0 fully saturated rings. The highest BCUT2D eigenvalue weighted by Crippen LogP contribution is 2.26. The number of esters is 1. The molecule has 5 heteroatoms. The first-order valence-corrected chi connectivity index (χ1v) is 10.1. The Morgan fingerprint density at radius 2 is 1.68 bits per heavy atom. The van der Waals surface area contributed by atoms with Gasteiger partial charge >= 0.3 is 5.97 Å². The van der Waals surface area contributed by atoms with Gasteiger partial charge in [0, 0.05) is 17.2 Å². The Morgan fingerprint density at radius 1 is 0.903 bits per heavy atom. The first-order valence-electron chi connectivity index (χ1n) is 10.1. The Balaban J connectivity index is 1.41. The number of hydrogen-bond donors (Lipinski definition) is 0. The third kappa shape index (κ3) is 5.01. The molecule has 156 valence electrons. The van der Waals surface area contributed by atoms with Crippen molar-refractivity contribution in [2.24, 2.45) is 0 Å². The van der Waals surface area contributed by atoms with E-state index in [0.717, 1.165) is 27.8 Å². The highest BCUT2D eigenvalue weighted by atomic mass is 16.5. The summed E-state index contributed by atoms with van der Waals surface area (Å²) in [6.45, 7) is 4.51. The Labute approximate surface area is 181 Å². The lowest BCUT2D eigenvalue weighted by molar-refractivity contribution is 0.0457. The molecule has 3 aromatic carbocycles. The van der Waals surface area contributed by atoms with Crippen molar-refractivity contribution in [3.05, 3.63) is 107 Å². The average molecular weight is 413 g/mol. The Hall–Kier alpha value is -3.86. The van der Waals surface area contributed by atoms with Gasteiger partial charge in [-0.05, 0) is 37.1 Å². The topological polar surface area (TPSA) is 61.6 Å². The predicted molar refractivity (Wildman–Crippen MR) is 118 cm³/mol. The van der Waals surface area contributed by atoms with Crippen LogP contribution < -0.4 is 4.74 Å². The summed E-state index contributed by atoms with van der Waals surface area (Å²) in [5.41, 5.74) is 5.05. The van der Waals surface area contributed by atoms with Crippen molar-refractivity contribution in [3.63, 3.8) is 0 Å². The van der Waals surface area contributed by atoms with Crippen molar-refractivity contribution in [1.29, 1.82) is 0 Å². The molecule has 0 spiro atoms. The van der Waals surface area contributed by atoms with Crippen LogP contribution in [0.2, 0.25) is 0 Å². The maximum absolute atomic E-state index is 12.5. The SMILES string of the molecule is Cc1ccc(C)c(-c2cc(C(=O)OCc3ccccc3OCc3ccccc3)no2)c1. The second kappa shape index (κ2) is 9.30. The molecule has 0 aliphatic heterocycles. The van der Waals surface area contributed by atoms with Crippen LogP contribution in [0, 0.1) is 13.8 Å². The Bertz CT molecular complexity index is 1180. The van der Waals surface area contributed by atoms with Gasteiger partial charge in [-0.15, -0.1) is 0 Å². The monoisotopic (exact) mass is 413 g/mol. The number of rotatable bonds is 7. The van der Waals surface area contributed by atoms with E-state index >= 15 is 0 Å². The summed E-state index contributed by atoms with van der Waals surface area (Å²) < 4.78 is 16.8. The van der Waals surface area contributed by atoms with E-state index in [2.05, 4.69) is 5.16 Å². The van der Waals surface area contributed by atoms with E-state index in [0.29, 0.717) is 18.1 Å². The first kappa shape index (κ1) is 20.4. The van der Waals surface area contributed by atoms with Crippen molar-refractivity contribution in [3.8, 4) is 17.1 Å². The quantitative estimate of drug-likeness (QED) is 0.353. The summed E-state index contributed by atoms with van der Waals surface area (Å²) in [5, 5.41) is 3.89. The van der Waals surface area contributed by atoms with Crippen LogP contribution in [0.15, 0.2) is 83.4 Å². The summed E-state index contributed by atoms with van der Waals surface area (Å²) in [6, 6.07) is 25.1. The van der Waals surface area contributed by atoms with Crippen LogP contribution in [0.4, 0.5) is 0 Å². The van der Waals surface area contributed by atoms with Gasteiger partial charge in [-0.25, -0.2) is 4.79 Å². The summed E-state index contributed by atoms with van der Waals surface area (Å²) in [5.74, 6) is 0.674. The number of benzene rings is 3. The minimum absolute atomic E-state index is 0.0788. The van der Waals surface area contributed by atoms with E-state index in [-0.39, 0.29) is 12.3 Å². The number of carbonyl (C=O) groups is 1. The lowest BCUT2D eigenvalue weighted by Crippen LogP contribution is -2.07. The largest absolute Gasteiger partial charge is 0.488 e. The van der Waals surface area contributed by atoms with Gasteiger partial charge in [0.15, 0.2) is 11.5 Å². The molecule has 4 rings (SSSR count). The molecule has 0 aliphatic carbocycles. The standard InChI is InChI=1S/C26H23NO4/c1-18-12-13-19(2)22(14-18)25-15-23(27-31-25)26(28)30-17-21-10-6-7-11-24(21)29-16-20-8-4-3-5-9-20/h3-15H,16-17H2,1-2H3. The van der Waals surface area contributed by atoms with Crippen molar-refractivity contribution >= 4 is 5.97 Å². The first-order chi connectivity index (χ1) is 15.1. The molecule has 1 heterocycles. The fraction of sp³-hybridized carbons (Fsp3) is 0.154. The van der Waals surface area contributed by atoms with E-state index in [1.807, 2.05) is 86.6 Å². The number of aromatic nitrogens is 1. The second-order valence-corrected chi connectivity index (χ2v) is 7.35. The average Bonchev–Trinajstić information content (AvgIpc) is 3.29. The normalized spacial score (nSPS) is 10.6. The van der Waals surface area contributed by atoms with Crippen molar-refractivity contribution < 1.29 is 18.8 Å². The molecule has 0 atom stereocenters. The minimum atomic E-state index is -0.543. The van der Waals surface area contributed by atoms with Gasteiger partial charge in [-0.2, -0.15) is 0 Å². The van der Waals surface area contributed by atoms with Crippen LogP contribution >= 0.6 is 0 Å². The third-order valence-corrected chi connectivity index (χ3v) is 4.95. The highest BCUT2D eigenvalue weighted by molar-refractivity contribution is 5.88. The molecule has 0 saturated carbocycles. The van der Waals surface area contributed by atoms with Gasteiger partial charge in [0.1, 0.15) is 19.0 Å². The number of para-hydroxylation sites is 1. The molecule has 4 aromatic rings. The Kier molecular flexibility index (Phi) is 6.13. The maximum Gasteiger partial charge on any atom is 0.360 e. The van der Waals surface area contributed by atoms with E-state index in [9.17, 15) is 4.79 Å². The van der Waals surface area contributed by atoms with E-state index in [4.69, 9.17) is 14.0 Å².